The lowest BCUT2D eigenvalue weighted by Crippen LogP contribution is -2.27. The molecule has 9 heteroatoms. The zero-order valence-electron chi connectivity index (χ0n) is 11.4. The Hall–Kier alpha value is -2.09. The average molecular weight is 313 g/mol. The van der Waals surface area contributed by atoms with Crippen molar-refractivity contribution in [2.45, 2.75) is 18.8 Å². The molecule has 0 radical (unpaired) electrons. The first-order valence-electron chi connectivity index (χ1n) is 6.02. The number of azide groups is 1. The fraction of sp³-hybridized carbons (Fsp3) is 0.417. The summed E-state index contributed by atoms with van der Waals surface area (Å²) in [7, 11) is -3.82. The molecule has 0 aromatic heterocycles. The van der Waals surface area contributed by atoms with Gasteiger partial charge in [0.2, 0.25) is 0 Å². The van der Waals surface area contributed by atoms with Crippen LogP contribution in [-0.2, 0) is 29.6 Å². The molecule has 0 aliphatic carbocycles. The second-order valence-electron chi connectivity index (χ2n) is 4.12. The van der Waals surface area contributed by atoms with Crippen LogP contribution in [-0.4, -0.2) is 33.6 Å². The van der Waals surface area contributed by atoms with Gasteiger partial charge in [-0.3, -0.25) is 8.98 Å². The van der Waals surface area contributed by atoms with Crippen molar-refractivity contribution in [2.24, 2.45) is 5.11 Å². The summed E-state index contributed by atoms with van der Waals surface area (Å²) in [4.78, 5) is 13.4. The molecule has 0 saturated heterocycles. The lowest BCUT2D eigenvalue weighted by Gasteiger charge is -2.14. The van der Waals surface area contributed by atoms with Crippen LogP contribution in [0.15, 0.2) is 35.4 Å². The monoisotopic (exact) mass is 313 g/mol. The molecule has 0 aliphatic rings. The molecule has 8 nitrogen and oxygen atoms in total. The number of hydrogen-bond acceptors (Lipinski definition) is 6. The lowest BCUT2D eigenvalue weighted by molar-refractivity contribution is -0.147. The number of hydrogen-bond donors (Lipinski definition) is 0. The number of carbonyl (C=O) groups excluding carboxylic acids is 1. The van der Waals surface area contributed by atoms with Crippen molar-refractivity contribution in [3.63, 3.8) is 0 Å². The molecule has 0 bridgehead atoms. The van der Waals surface area contributed by atoms with Crippen LogP contribution in [0.5, 0.6) is 0 Å². The third kappa shape index (κ3) is 7.31. The zero-order chi connectivity index (χ0) is 15.7. The van der Waals surface area contributed by atoms with Crippen LogP contribution in [0.1, 0.15) is 12.5 Å². The van der Waals surface area contributed by atoms with Crippen molar-refractivity contribution in [3.05, 3.63) is 46.3 Å². The van der Waals surface area contributed by atoms with Crippen molar-refractivity contribution < 1.29 is 22.1 Å². The number of esters is 1. The van der Waals surface area contributed by atoms with E-state index in [-0.39, 0.29) is 12.3 Å². The number of carbonyl (C=O) groups is 1. The number of benzene rings is 1. The Kier molecular flexibility index (Phi) is 6.67. The van der Waals surface area contributed by atoms with Gasteiger partial charge in [0, 0.05) is 11.8 Å². The Morgan fingerprint density at radius 3 is 2.62 bits per heavy atom. The van der Waals surface area contributed by atoms with Crippen LogP contribution in [0.25, 0.3) is 10.4 Å². The van der Waals surface area contributed by atoms with E-state index in [1.54, 1.807) is 30.3 Å². The molecule has 1 aromatic rings. The molecular weight excluding hydrogens is 298 g/mol. The van der Waals surface area contributed by atoms with Gasteiger partial charge in [0.15, 0.2) is 0 Å². The highest BCUT2D eigenvalue weighted by Crippen LogP contribution is 2.08. The highest BCUT2D eigenvalue weighted by atomic mass is 32.2. The Morgan fingerprint density at radius 2 is 2.05 bits per heavy atom. The van der Waals surface area contributed by atoms with Crippen LogP contribution in [0.4, 0.5) is 0 Å². The summed E-state index contributed by atoms with van der Waals surface area (Å²) in [5.41, 5.74) is 8.81. The van der Waals surface area contributed by atoms with Gasteiger partial charge in [-0.1, -0.05) is 35.4 Å². The average Bonchev–Trinajstić information content (AvgIpc) is 2.42. The van der Waals surface area contributed by atoms with E-state index in [2.05, 4.69) is 10.0 Å². The predicted molar refractivity (Wildman–Crippen MR) is 74.6 cm³/mol. The minimum Gasteiger partial charge on any atom is -0.460 e. The SMILES string of the molecule is CC(=O)OC(CN=[N+]=[N-])COS(=O)(=O)Cc1ccccc1. The minimum absolute atomic E-state index is 0.197. The van der Waals surface area contributed by atoms with Gasteiger partial charge in [-0.2, -0.15) is 8.42 Å². The van der Waals surface area contributed by atoms with Crippen molar-refractivity contribution in [3.8, 4) is 0 Å². The fourth-order valence-corrected chi connectivity index (χ4v) is 2.53. The van der Waals surface area contributed by atoms with Gasteiger partial charge < -0.3 is 4.74 Å². The third-order valence-electron chi connectivity index (χ3n) is 2.30. The van der Waals surface area contributed by atoms with E-state index in [9.17, 15) is 13.2 Å². The van der Waals surface area contributed by atoms with Crippen LogP contribution in [0, 0.1) is 0 Å². The standard InChI is InChI=1S/C12H15N3O5S/c1-10(16)20-12(7-14-15-13)8-19-21(17,18)9-11-5-3-2-4-6-11/h2-6,12H,7-9H2,1H3. The summed E-state index contributed by atoms with van der Waals surface area (Å²) >= 11 is 0. The minimum atomic E-state index is -3.82. The molecule has 0 N–H and O–H groups in total. The second-order valence-corrected chi connectivity index (χ2v) is 5.76. The van der Waals surface area contributed by atoms with Gasteiger partial charge in [-0.25, -0.2) is 0 Å². The van der Waals surface area contributed by atoms with Crippen molar-refractivity contribution in [1.82, 2.24) is 0 Å². The van der Waals surface area contributed by atoms with E-state index in [1.165, 1.54) is 6.92 Å². The highest BCUT2D eigenvalue weighted by molar-refractivity contribution is 7.85. The van der Waals surface area contributed by atoms with E-state index >= 15 is 0 Å². The second kappa shape index (κ2) is 8.25. The molecule has 0 saturated carbocycles. The van der Waals surface area contributed by atoms with Crippen LogP contribution in [0.2, 0.25) is 0 Å². The molecule has 114 valence electrons. The quantitative estimate of drug-likeness (QED) is 0.238. The van der Waals surface area contributed by atoms with Crippen LogP contribution in [0.3, 0.4) is 0 Å². The van der Waals surface area contributed by atoms with E-state index in [1.807, 2.05) is 0 Å². The fourth-order valence-electron chi connectivity index (χ4n) is 1.49. The van der Waals surface area contributed by atoms with Crippen LogP contribution >= 0.6 is 0 Å². The van der Waals surface area contributed by atoms with E-state index < -0.39 is 28.8 Å². The van der Waals surface area contributed by atoms with Gasteiger partial charge in [-0.05, 0) is 11.1 Å². The molecule has 0 aliphatic heterocycles. The Bertz CT molecular complexity index is 607. The normalized spacial score (nSPS) is 12.2. The molecule has 1 unspecified atom stereocenters. The number of ether oxygens (including phenoxy) is 1. The molecule has 21 heavy (non-hydrogen) atoms. The number of rotatable bonds is 8. The van der Waals surface area contributed by atoms with E-state index in [0.29, 0.717) is 5.56 Å². The Balaban J connectivity index is 2.60. The van der Waals surface area contributed by atoms with Crippen molar-refractivity contribution in [1.29, 1.82) is 0 Å². The van der Waals surface area contributed by atoms with Gasteiger partial charge >= 0.3 is 5.97 Å². The topological polar surface area (TPSA) is 118 Å². The third-order valence-corrected chi connectivity index (χ3v) is 3.48. The zero-order valence-corrected chi connectivity index (χ0v) is 12.2. The maximum absolute atomic E-state index is 11.8. The maximum Gasteiger partial charge on any atom is 0.302 e. The lowest BCUT2D eigenvalue weighted by atomic mass is 10.2. The Labute approximate surface area is 122 Å². The first-order chi connectivity index (χ1) is 9.93. The molecule has 0 amide bonds. The van der Waals surface area contributed by atoms with Gasteiger partial charge in [0.1, 0.15) is 18.5 Å². The molecule has 1 atom stereocenters. The summed E-state index contributed by atoms with van der Waals surface area (Å²) < 4.78 is 33.2. The molecule has 1 rings (SSSR count). The predicted octanol–water partition coefficient (Wildman–Crippen LogP) is 1.78. The largest absolute Gasteiger partial charge is 0.460 e. The molecule has 0 heterocycles. The van der Waals surface area contributed by atoms with Gasteiger partial charge in [0.25, 0.3) is 10.1 Å². The van der Waals surface area contributed by atoms with Crippen molar-refractivity contribution in [2.75, 3.05) is 13.2 Å². The summed E-state index contributed by atoms with van der Waals surface area (Å²) in [6.45, 7) is 0.576. The van der Waals surface area contributed by atoms with Crippen molar-refractivity contribution >= 4 is 16.1 Å². The van der Waals surface area contributed by atoms with Crippen LogP contribution < -0.4 is 0 Å². The highest BCUT2D eigenvalue weighted by Gasteiger charge is 2.18. The first-order valence-corrected chi connectivity index (χ1v) is 7.60. The number of nitrogens with zero attached hydrogens (tertiary/aromatic N) is 3. The Morgan fingerprint density at radius 1 is 1.38 bits per heavy atom. The summed E-state index contributed by atoms with van der Waals surface area (Å²) in [5, 5.41) is 3.24. The summed E-state index contributed by atoms with van der Waals surface area (Å²) in [5.74, 6) is -0.903. The van der Waals surface area contributed by atoms with Gasteiger partial charge in [-0.15, -0.1) is 0 Å². The smallest absolute Gasteiger partial charge is 0.302 e. The first kappa shape index (κ1) is 17.0. The molecule has 0 fully saturated rings. The molecular formula is C12H15N3O5S. The maximum atomic E-state index is 11.8. The summed E-state index contributed by atoms with van der Waals surface area (Å²) in [6.07, 6.45) is -0.941. The summed E-state index contributed by atoms with van der Waals surface area (Å²) in [6, 6.07) is 8.52. The van der Waals surface area contributed by atoms with E-state index in [4.69, 9.17) is 14.5 Å². The molecule has 1 aromatic carbocycles. The van der Waals surface area contributed by atoms with Gasteiger partial charge in [0.05, 0.1) is 6.54 Å². The van der Waals surface area contributed by atoms with E-state index in [0.717, 1.165) is 0 Å². The molecule has 0 spiro atoms.